The molecule has 0 heterocycles. The second kappa shape index (κ2) is 8.02. The summed E-state index contributed by atoms with van der Waals surface area (Å²) in [5.74, 6) is 0.0380. The van der Waals surface area contributed by atoms with Crippen LogP contribution in [0.3, 0.4) is 0 Å². The molecule has 0 bridgehead atoms. The lowest BCUT2D eigenvalue weighted by Crippen LogP contribution is -2.54. The van der Waals surface area contributed by atoms with Crippen LogP contribution < -0.4 is 11.1 Å². The minimum atomic E-state index is -0.0793. The number of nitrogens with zero attached hydrogens (tertiary/aromatic N) is 1. The van der Waals surface area contributed by atoms with E-state index in [1.165, 1.54) is 0 Å². The van der Waals surface area contributed by atoms with Crippen molar-refractivity contribution >= 4 is 5.91 Å². The quantitative estimate of drug-likeness (QED) is 0.761. The highest BCUT2D eigenvalue weighted by Gasteiger charge is 2.30. The van der Waals surface area contributed by atoms with Gasteiger partial charge in [0.25, 0.3) is 0 Å². The first-order valence-corrected chi connectivity index (χ1v) is 7.30. The smallest absolute Gasteiger partial charge is 0.234 e. The molecule has 1 amide bonds. The van der Waals surface area contributed by atoms with Crippen LogP contribution in [-0.2, 0) is 11.3 Å². The Balaban J connectivity index is 2.49. The number of nitrogens with two attached hydrogens (primary N) is 1. The van der Waals surface area contributed by atoms with Gasteiger partial charge in [0.2, 0.25) is 5.91 Å². The van der Waals surface area contributed by atoms with Crippen molar-refractivity contribution < 1.29 is 4.79 Å². The Kier molecular flexibility index (Phi) is 6.68. The molecule has 0 spiro atoms. The average Bonchev–Trinajstić information content (AvgIpc) is 2.48. The maximum Gasteiger partial charge on any atom is 0.234 e. The van der Waals surface area contributed by atoms with Crippen molar-refractivity contribution in [2.24, 2.45) is 5.73 Å². The normalized spacial score (nSPS) is 11.7. The molecule has 0 aromatic heterocycles. The van der Waals surface area contributed by atoms with Gasteiger partial charge in [-0.1, -0.05) is 44.2 Å². The van der Waals surface area contributed by atoms with Crippen LogP contribution in [-0.4, -0.2) is 36.5 Å². The van der Waals surface area contributed by atoms with Crippen molar-refractivity contribution in [2.75, 3.05) is 20.1 Å². The van der Waals surface area contributed by atoms with E-state index in [4.69, 9.17) is 5.73 Å². The SMILES string of the molecule is CCC(CC)(CN)N(C)CC(=O)NCc1ccccc1. The highest BCUT2D eigenvalue weighted by molar-refractivity contribution is 5.78. The van der Waals surface area contributed by atoms with Crippen LogP contribution in [0, 0.1) is 0 Å². The molecule has 0 aliphatic heterocycles. The Morgan fingerprint density at radius 1 is 1.25 bits per heavy atom. The van der Waals surface area contributed by atoms with Gasteiger partial charge in [-0.3, -0.25) is 9.69 Å². The molecule has 0 atom stereocenters. The number of carbonyl (C=O) groups is 1. The highest BCUT2D eigenvalue weighted by atomic mass is 16.2. The molecule has 0 saturated heterocycles. The van der Waals surface area contributed by atoms with E-state index in [-0.39, 0.29) is 11.4 Å². The van der Waals surface area contributed by atoms with Crippen LogP contribution >= 0.6 is 0 Å². The molecule has 0 aliphatic carbocycles. The summed E-state index contributed by atoms with van der Waals surface area (Å²) < 4.78 is 0. The molecule has 3 N–H and O–H groups in total. The van der Waals surface area contributed by atoms with E-state index in [0.29, 0.717) is 19.6 Å². The number of likely N-dealkylation sites (N-methyl/N-ethyl adjacent to an activating group) is 1. The summed E-state index contributed by atoms with van der Waals surface area (Å²) in [5, 5.41) is 2.95. The van der Waals surface area contributed by atoms with E-state index in [2.05, 4.69) is 24.1 Å². The van der Waals surface area contributed by atoms with Gasteiger partial charge in [-0.25, -0.2) is 0 Å². The van der Waals surface area contributed by atoms with Crippen LogP contribution in [0.4, 0.5) is 0 Å². The second-order valence-corrected chi connectivity index (χ2v) is 5.25. The van der Waals surface area contributed by atoms with Crippen molar-refractivity contribution in [3.8, 4) is 0 Å². The van der Waals surface area contributed by atoms with E-state index in [0.717, 1.165) is 18.4 Å². The summed E-state index contributed by atoms with van der Waals surface area (Å²) in [5.41, 5.74) is 6.93. The zero-order valence-electron chi connectivity index (χ0n) is 12.9. The van der Waals surface area contributed by atoms with E-state index >= 15 is 0 Å². The Morgan fingerprint density at radius 3 is 2.35 bits per heavy atom. The number of benzene rings is 1. The summed E-state index contributed by atoms with van der Waals surface area (Å²) in [6.45, 7) is 5.76. The van der Waals surface area contributed by atoms with Crippen LogP contribution in [0.1, 0.15) is 32.3 Å². The van der Waals surface area contributed by atoms with Crippen molar-refractivity contribution in [2.45, 2.75) is 38.8 Å². The van der Waals surface area contributed by atoms with Crippen molar-refractivity contribution in [1.29, 1.82) is 0 Å². The summed E-state index contributed by atoms with van der Waals surface area (Å²) in [4.78, 5) is 14.1. The van der Waals surface area contributed by atoms with E-state index in [9.17, 15) is 4.79 Å². The molecule has 0 saturated carbocycles. The largest absolute Gasteiger partial charge is 0.351 e. The predicted molar refractivity (Wildman–Crippen MR) is 83.3 cm³/mol. The van der Waals surface area contributed by atoms with Gasteiger partial charge in [0.05, 0.1) is 6.54 Å². The number of nitrogens with one attached hydrogen (secondary N) is 1. The van der Waals surface area contributed by atoms with E-state index in [1.807, 2.05) is 37.4 Å². The molecule has 0 fully saturated rings. The Hall–Kier alpha value is -1.39. The van der Waals surface area contributed by atoms with Gasteiger partial charge in [-0.15, -0.1) is 0 Å². The first-order chi connectivity index (χ1) is 9.57. The number of rotatable bonds is 8. The van der Waals surface area contributed by atoms with Gasteiger partial charge in [-0.05, 0) is 25.5 Å². The molecule has 0 unspecified atom stereocenters. The molecular formula is C16H27N3O. The molecule has 1 rings (SSSR count). The molecule has 20 heavy (non-hydrogen) atoms. The molecule has 4 nitrogen and oxygen atoms in total. The van der Waals surface area contributed by atoms with Gasteiger partial charge in [0.1, 0.15) is 0 Å². The number of hydrogen-bond donors (Lipinski definition) is 2. The third-order valence-electron chi connectivity index (χ3n) is 4.22. The third kappa shape index (κ3) is 4.32. The summed E-state index contributed by atoms with van der Waals surface area (Å²) in [6, 6.07) is 9.93. The van der Waals surface area contributed by atoms with Crippen molar-refractivity contribution in [3.63, 3.8) is 0 Å². The summed E-state index contributed by atoms with van der Waals surface area (Å²) in [6.07, 6.45) is 1.89. The van der Waals surface area contributed by atoms with Crippen molar-refractivity contribution in [1.82, 2.24) is 10.2 Å². The van der Waals surface area contributed by atoms with Gasteiger partial charge in [0, 0.05) is 18.6 Å². The molecule has 4 heteroatoms. The molecule has 112 valence electrons. The van der Waals surface area contributed by atoms with Gasteiger partial charge in [0.15, 0.2) is 0 Å². The van der Waals surface area contributed by atoms with Gasteiger partial charge >= 0.3 is 0 Å². The standard InChI is InChI=1S/C16H27N3O/c1-4-16(5-2,13-17)19(3)12-15(20)18-11-14-9-7-6-8-10-14/h6-10H,4-5,11-13,17H2,1-3H3,(H,18,20). The highest BCUT2D eigenvalue weighted by Crippen LogP contribution is 2.20. The number of amides is 1. The molecule has 0 radical (unpaired) electrons. The zero-order valence-corrected chi connectivity index (χ0v) is 12.9. The van der Waals surface area contributed by atoms with Crippen LogP contribution in [0.5, 0.6) is 0 Å². The van der Waals surface area contributed by atoms with Gasteiger partial charge < -0.3 is 11.1 Å². The fraction of sp³-hybridized carbons (Fsp3) is 0.562. The van der Waals surface area contributed by atoms with Crippen molar-refractivity contribution in [3.05, 3.63) is 35.9 Å². The fourth-order valence-corrected chi connectivity index (χ4v) is 2.47. The Bertz CT molecular complexity index is 393. The zero-order chi connectivity index (χ0) is 15.0. The Labute approximate surface area is 122 Å². The molecule has 1 aromatic rings. The van der Waals surface area contributed by atoms with E-state index < -0.39 is 0 Å². The van der Waals surface area contributed by atoms with Crippen LogP contribution in [0.15, 0.2) is 30.3 Å². The maximum atomic E-state index is 12.0. The van der Waals surface area contributed by atoms with Gasteiger partial charge in [-0.2, -0.15) is 0 Å². The number of hydrogen-bond acceptors (Lipinski definition) is 3. The third-order valence-corrected chi connectivity index (χ3v) is 4.22. The fourth-order valence-electron chi connectivity index (χ4n) is 2.47. The first-order valence-electron chi connectivity index (χ1n) is 7.30. The second-order valence-electron chi connectivity index (χ2n) is 5.25. The summed E-state index contributed by atoms with van der Waals surface area (Å²) in [7, 11) is 1.97. The lowest BCUT2D eigenvalue weighted by Gasteiger charge is -2.39. The first kappa shape index (κ1) is 16.7. The molecule has 0 aliphatic rings. The molecule has 1 aromatic carbocycles. The predicted octanol–water partition coefficient (Wildman–Crippen LogP) is 1.75. The minimum Gasteiger partial charge on any atom is -0.351 e. The van der Waals surface area contributed by atoms with Crippen LogP contribution in [0.25, 0.3) is 0 Å². The monoisotopic (exact) mass is 277 g/mol. The summed E-state index contributed by atoms with van der Waals surface area (Å²) >= 11 is 0. The Morgan fingerprint density at radius 2 is 1.85 bits per heavy atom. The number of carbonyl (C=O) groups excluding carboxylic acids is 1. The minimum absolute atomic E-state index is 0.0380. The van der Waals surface area contributed by atoms with E-state index in [1.54, 1.807) is 0 Å². The lowest BCUT2D eigenvalue weighted by molar-refractivity contribution is -0.123. The molecular weight excluding hydrogens is 250 g/mol. The van der Waals surface area contributed by atoms with Crippen LogP contribution in [0.2, 0.25) is 0 Å². The maximum absolute atomic E-state index is 12.0. The lowest BCUT2D eigenvalue weighted by atomic mass is 9.91. The topological polar surface area (TPSA) is 58.4 Å². The average molecular weight is 277 g/mol.